The van der Waals surface area contributed by atoms with Crippen molar-refractivity contribution in [1.29, 1.82) is 0 Å². The second kappa shape index (κ2) is 6.64. The summed E-state index contributed by atoms with van der Waals surface area (Å²) in [5.74, 6) is 0.968. The maximum absolute atomic E-state index is 11.6. The molecule has 0 aliphatic heterocycles. The van der Waals surface area contributed by atoms with Crippen LogP contribution in [0.5, 0.6) is 0 Å². The number of primary amides is 1. The van der Waals surface area contributed by atoms with Gasteiger partial charge in [0.1, 0.15) is 5.82 Å². The zero-order chi connectivity index (χ0) is 16.2. The minimum absolute atomic E-state index is 0.305. The number of carbonyl (C=O) groups excluding carboxylic acids is 1. The number of nitrogens with one attached hydrogen (secondary N) is 2. The van der Waals surface area contributed by atoms with E-state index in [1.165, 1.54) is 31.9 Å². The first-order valence-electron chi connectivity index (χ1n) is 7.78. The van der Waals surface area contributed by atoms with E-state index in [2.05, 4.69) is 25.7 Å². The van der Waals surface area contributed by atoms with Gasteiger partial charge in [0.25, 0.3) is 5.91 Å². The zero-order valence-electron chi connectivity index (χ0n) is 13.1. The molecular formula is C15H21N7O. The fraction of sp³-hybridized carbons (Fsp3) is 0.467. The number of nitrogens with two attached hydrogens (primary N) is 1. The number of nitrogens with zero attached hydrogens (tertiary/aromatic N) is 4. The maximum Gasteiger partial charge on any atom is 0.254 e. The SMILES string of the molecule is Cn1cc(Nc2ncc(C(N)=O)c(NCC3CCCC3)n2)cn1. The minimum atomic E-state index is -0.535. The average molecular weight is 315 g/mol. The molecule has 8 heteroatoms. The third-order valence-electron chi connectivity index (χ3n) is 4.05. The van der Waals surface area contributed by atoms with Crippen LogP contribution in [0.25, 0.3) is 0 Å². The van der Waals surface area contributed by atoms with Crippen molar-refractivity contribution in [3.8, 4) is 0 Å². The van der Waals surface area contributed by atoms with E-state index in [0.29, 0.717) is 23.2 Å². The summed E-state index contributed by atoms with van der Waals surface area (Å²) in [6.45, 7) is 0.795. The average Bonchev–Trinajstić information content (AvgIpc) is 3.17. The van der Waals surface area contributed by atoms with Gasteiger partial charge in [-0.3, -0.25) is 9.48 Å². The largest absolute Gasteiger partial charge is 0.369 e. The smallest absolute Gasteiger partial charge is 0.254 e. The van der Waals surface area contributed by atoms with Crippen LogP contribution in [0.4, 0.5) is 17.5 Å². The number of aryl methyl sites for hydroxylation is 1. The van der Waals surface area contributed by atoms with E-state index >= 15 is 0 Å². The fourth-order valence-electron chi connectivity index (χ4n) is 2.83. The summed E-state index contributed by atoms with van der Waals surface area (Å²) in [7, 11) is 1.83. The Hall–Kier alpha value is -2.64. The van der Waals surface area contributed by atoms with Crippen LogP contribution in [0.15, 0.2) is 18.6 Å². The molecule has 2 aromatic heterocycles. The lowest BCUT2D eigenvalue weighted by Gasteiger charge is -2.14. The Balaban J connectivity index is 1.76. The molecule has 0 saturated heterocycles. The predicted octanol–water partition coefficient (Wildman–Crippen LogP) is 1.65. The number of amides is 1. The molecule has 0 unspecified atom stereocenters. The summed E-state index contributed by atoms with van der Waals surface area (Å²) in [6.07, 6.45) is 9.91. The van der Waals surface area contributed by atoms with Gasteiger partial charge in [-0.25, -0.2) is 4.98 Å². The van der Waals surface area contributed by atoms with Gasteiger partial charge in [0, 0.05) is 26.0 Å². The molecule has 0 atom stereocenters. The first-order chi connectivity index (χ1) is 11.1. The molecule has 2 heterocycles. The van der Waals surface area contributed by atoms with Gasteiger partial charge in [0.05, 0.1) is 17.4 Å². The monoisotopic (exact) mass is 315 g/mol. The summed E-state index contributed by atoms with van der Waals surface area (Å²) in [5, 5.41) is 10.4. The Bertz CT molecular complexity index is 691. The highest BCUT2D eigenvalue weighted by Crippen LogP contribution is 2.25. The van der Waals surface area contributed by atoms with Gasteiger partial charge in [-0.2, -0.15) is 10.1 Å². The molecule has 1 amide bonds. The number of hydrogen-bond acceptors (Lipinski definition) is 6. The molecule has 122 valence electrons. The van der Waals surface area contributed by atoms with Crippen LogP contribution in [-0.4, -0.2) is 32.2 Å². The highest BCUT2D eigenvalue weighted by molar-refractivity contribution is 5.97. The van der Waals surface area contributed by atoms with Gasteiger partial charge >= 0.3 is 0 Å². The van der Waals surface area contributed by atoms with Crippen molar-refractivity contribution >= 4 is 23.4 Å². The van der Waals surface area contributed by atoms with Crippen LogP contribution in [0.1, 0.15) is 36.0 Å². The van der Waals surface area contributed by atoms with Crippen molar-refractivity contribution in [2.24, 2.45) is 18.7 Å². The molecule has 3 rings (SSSR count). The molecule has 1 aliphatic rings. The number of carbonyl (C=O) groups is 1. The van der Waals surface area contributed by atoms with Crippen molar-refractivity contribution in [2.45, 2.75) is 25.7 Å². The van der Waals surface area contributed by atoms with E-state index < -0.39 is 5.91 Å². The van der Waals surface area contributed by atoms with Gasteiger partial charge in [-0.05, 0) is 18.8 Å². The molecule has 0 radical (unpaired) electrons. The van der Waals surface area contributed by atoms with Gasteiger partial charge < -0.3 is 16.4 Å². The first-order valence-corrected chi connectivity index (χ1v) is 7.78. The van der Waals surface area contributed by atoms with E-state index in [0.717, 1.165) is 12.2 Å². The highest BCUT2D eigenvalue weighted by atomic mass is 16.1. The molecule has 0 aromatic carbocycles. The lowest BCUT2D eigenvalue weighted by atomic mass is 10.1. The summed E-state index contributed by atoms with van der Waals surface area (Å²) in [6, 6.07) is 0. The topological polar surface area (TPSA) is 111 Å². The Morgan fingerprint density at radius 2 is 2.17 bits per heavy atom. The van der Waals surface area contributed by atoms with Crippen LogP contribution in [0.3, 0.4) is 0 Å². The van der Waals surface area contributed by atoms with Crippen LogP contribution in [0.2, 0.25) is 0 Å². The van der Waals surface area contributed by atoms with Crippen LogP contribution < -0.4 is 16.4 Å². The van der Waals surface area contributed by atoms with Gasteiger partial charge in [-0.1, -0.05) is 12.8 Å². The van der Waals surface area contributed by atoms with Crippen molar-refractivity contribution < 1.29 is 4.79 Å². The maximum atomic E-state index is 11.6. The Kier molecular flexibility index (Phi) is 4.40. The van der Waals surface area contributed by atoms with Crippen LogP contribution in [0, 0.1) is 5.92 Å². The normalized spacial score (nSPS) is 14.8. The Morgan fingerprint density at radius 3 is 2.83 bits per heavy atom. The van der Waals surface area contributed by atoms with Crippen molar-refractivity contribution in [3.05, 3.63) is 24.2 Å². The molecule has 0 spiro atoms. The van der Waals surface area contributed by atoms with Gasteiger partial charge in [0.15, 0.2) is 0 Å². The van der Waals surface area contributed by atoms with Crippen molar-refractivity contribution in [1.82, 2.24) is 19.7 Å². The molecule has 1 fully saturated rings. The van der Waals surface area contributed by atoms with E-state index in [1.807, 2.05) is 13.2 Å². The molecule has 1 saturated carbocycles. The van der Waals surface area contributed by atoms with E-state index in [1.54, 1.807) is 10.9 Å². The molecule has 2 aromatic rings. The Morgan fingerprint density at radius 1 is 1.39 bits per heavy atom. The number of rotatable bonds is 6. The lowest BCUT2D eigenvalue weighted by molar-refractivity contribution is 0.100. The number of anilines is 3. The van der Waals surface area contributed by atoms with E-state index in [9.17, 15) is 4.79 Å². The summed E-state index contributed by atoms with van der Waals surface area (Å²) >= 11 is 0. The predicted molar refractivity (Wildman–Crippen MR) is 87.5 cm³/mol. The molecular weight excluding hydrogens is 294 g/mol. The minimum Gasteiger partial charge on any atom is -0.369 e. The van der Waals surface area contributed by atoms with Crippen molar-refractivity contribution in [3.63, 3.8) is 0 Å². The fourth-order valence-corrected chi connectivity index (χ4v) is 2.83. The second-order valence-electron chi connectivity index (χ2n) is 5.88. The highest BCUT2D eigenvalue weighted by Gasteiger charge is 2.17. The molecule has 8 nitrogen and oxygen atoms in total. The number of hydrogen-bond donors (Lipinski definition) is 3. The van der Waals surface area contributed by atoms with Crippen LogP contribution >= 0.6 is 0 Å². The third-order valence-corrected chi connectivity index (χ3v) is 4.05. The third kappa shape index (κ3) is 3.77. The van der Waals surface area contributed by atoms with Gasteiger partial charge in [-0.15, -0.1) is 0 Å². The quantitative estimate of drug-likeness (QED) is 0.747. The number of aromatic nitrogens is 4. The summed E-state index contributed by atoms with van der Waals surface area (Å²) in [4.78, 5) is 20.1. The van der Waals surface area contributed by atoms with Crippen molar-refractivity contribution in [2.75, 3.05) is 17.2 Å². The Labute approximate surface area is 134 Å². The standard InChI is InChI=1S/C15H21N7O/c1-22-9-11(7-19-22)20-15-18-8-12(13(16)23)14(21-15)17-6-10-4-2-3-5-10/h7-10H,2-6H2,1H3,(H2,16,23)(H2,17,18,20,21). The van der Waals surface area contributed by atoms with Crippen LogP contribution in [-0.2, 0) is 7.05 Å². The summed E-state index contributed by atoms with van der Waals surface area (Å²) < 4.78 is 1.68. The molecule has 1 aliphatic carbocycles. The first kappa shape index (κ1) is 15.3. The van der Waals surface area contributed by atoms with E-state index in [4.69, 9.17) is 5.73 Å². The lowest BCUT2D eigenvalue weighted by Crippen LogP contribution is -2.19. The zero-order valence-corrected chi connectivity index (χ0v) is 13.1. The molecule has 4 N–H and O–H groups in total. The molecule has 0 bridgehead atoms. The van der Waals surface area contributed by atoms with E-state index in [-0.39, 0.29) is 0 Å². The second-order valence-corrected chi connectivity index (χ2v) is 5.88. The summed E-state index contributed by atoms with van der Waals surface area (Å²) in [5.41, 5.74) is 6.50. The molecule has 23 heavy (non-hydrogen) atoms. The van der Waals surface area contributed by atoms with Gasteiger partial charge in [0.2, 0.25) is 5.95 Å².